The lowest BCUT2D eigenvalue weighted by molar-refractivity contribution is 0.868. The largest absolute Gasteiger partial charge is 0.369 e. The first-order valence-electron chi connectivity index (χ1n) is 6.88. The average Bonchev–Trinajstić information content (AvgIpc) is 2.48. The molecule has 0 amide bonds. The normalized spacial score (nSPS) is 12.0. The molecule has 21 heavy (non-hydrogen) atoms. The van der Waals surface area contributed by atoms with Gasteiger partial charge in [0.2, 0.25) is 0 Å². The molecule has 0 saturated carbocycles. The second-order valence-electron chi connectivity index (χ2n) is 4.73. The van der Waals surface area contributed by atoms with E-state index in [1.54, 1.807) is 6.33 Å². The highest BCUT2D eigenvalue weighted by Crippen LogP contribution is 2.29. The number of nitrogens with one attached hydrogen (secondary N) is 2. The van der Waals surface area contributed by atoms with Gasteiger partial charge < -0.3 is 10.6 Å². The molecule has 0 aliphatic heterocycles. The van der Waals surface area contributed by atoms with Crippen molar-refractivity contribution in [3.05, 3.63) is 45.7 Å². The summed E-state index contributed by atoms with van der Waals surface area (Å²) in [4.78, 5) is 8.53. The lowest BCUT2D eigenvalue weighted by Gasteiger charge is -2.17. The van der Waals surface area contributed by atoms with E-state index in [1.807, 2.05) is 24.3 Å². The zero-order valence-electron chi connectivity index (χ0n) is 12.0. The van der Waals surface area contributed by atoms with E-state index < -0.39 is 0 Å². The van der Waals surface area contributed by atoms with E-state index in [9.17, 15) is 0 Å². The molecule has 0 bridgehead atoms. The van der Waals surface area contributed by atoms with Crippen molar-refractivity contribution in [1.82, 2.24) is 9.97 Å². The number of rotatable bonds is 6. The van der Waals surface area contributed by atoms with E-state index in [-0.39, 0.29) is 6.04 Å². The van der Waals surface area contributed by atoms with E-state index in [1.165, 1.54) is 0 Å². The lowest BCUT2D eigenvalue weighted by atomic mass is 10.1. The van der Waals surface area contributed by atoms with Crippen LogP contribution in [0.1, 0.15) is 31.9 Å². The van der Waals surface area contributed by atoms with Crippen LogP contribution in [0.15, 0.2) is 35.1 Å². The van der Waals surface area contributed by atoms with Gasteiger partial charge in [0, 0.05) is 11.6 Å². The molecule has 2 rings (SSSR count). The Labute approximate surface area is 138 Å². The Hall–Kier alpha value is -1.33. The molecule has 2 aromatic rings. The maximum absolute atomic E-state index is 6.03. The molecule has 0 aliphatic carbocycles. The van der Waals surface area contributed by atoms with E-state index in [0.29, 0.717) is 0 Å². The molecule has 0 fully saturated rings. The van der Waals surface area contributed by atoms with Crippen molar-refractivity contribution in [2.75, 3.05) is 17.2 Å². The van der Waals surface area contributed by atoms with Crippen molar-refractivity contribution >= 4 is 39.2 Å². The molecule has 0 spiro atoms. The Morgan fingerprint density at radius 2 is 2.05 bits per heavy atom. The fourth-order valence-electron chi connectivity index (χ4n) is 1.90. The molecule has 1 aromatic heterocycles. The Bertz CT molecular complexity index is 606. The van der Waals surface area contributed by atoms with Crippen molar-refractivity contribution < 1.29 is 0 Å². The van der Waals surface area contributed by atoms with Crippen molar-refractivity contribution in [3.8, 4) is 0 Å². The highest BCUT2D eigenvalue weighted by atomic mass is 79.9. The Morgan fingerprint density at radius 1 is 1.29 bits per heavy atom. The smallest absolute Gasteiger partial charge is 0.146 e. The Morgan fingerprint density at radius 3 is 2.76 bits per heavy atom. The first kappa shape index (κ1) is 16.0. The maximum atomic E-state index is 6.03. The molecule has 1 unspecified atom stereocenters. The molecule has 112 valence electrons. The van der Waals surface area contributed by atoms with Crippen LogP contribution in [-0.2, 0) is 0 Å². The molecule has 1 heterocycles. The molecule has 0 saturated heterocycles. The number of aromatic nitrogens is 2. The van der Waals surface area contributed by atoms with Crippen LogP contribution >= 0.6 is 27.5 Å². The predicted octanol–water partition coefficient (Wildman–Crippen LogP) is 4.89. The summed E-state index contributed by atoms with van der Waals surface area (Å²) in [6.07, 6.45) is 2.59. The second kappa shape index (κ2) is 7.61. The molecule has 2 N–H and O–H groups in total. The number of hydrogen-bond donors (Lipinski definition) is 2. The second-order valence-corrected chi connectivity index (χ2v) is 5.96. The minimum absolute atomic E-state index is 0.0916. The summed E-state index contributed by atoms with van der Waals surface area (Å²) in [6, 6.07) is 7.89. The van der Waals surface area contributed by atoms with Gasteiger partial charge in [-0.25, -0.2) is 9.97 Å². The molecule has 1 aromatic carbocycles. The molecular weight excluding hydrogens is 352 g/mol. The van der Waals surface area contributed by atoms with E-state index in [0.717, 1.165) is 39.7 Å². The van der Waals surface area contributed by atoms with E-state index >= 15 is 0 Å². The van der Waals surface area contributed by atoms with Crippen molar-refractivity contribution in [1.29, 1.82) is 0 Å². The minimum atomic E-state index is 0.0916. The van der Waals surface area contributed by atoms with Crippen LogP contribution in [0.25, 0.3) is 0 Å². The quantitative estimate of drug-likeness (QED) is 0.761. The summed E-state index contributed by atoms with van der Waals surface area (Å²) >= 11 is 9.58. The Kier molecular flexibility index (Phi) is 5.82. The van der Waals surface area contributed by atoms with Gasteiger partial charge in [-0.3, -0.25) is 0 Å². The minimum Gasteiger partial charge on any atom is -0.369 e. The van der Waals surface area contributed by atoms with Gasteiger partial charge in [0.25, 0.3) is 0 Å². The number of benzene rings is 1. The van der Waals surface area contributed by atoms with Crippen molar-refractivity contribution in [2.45, 2.75) is 26.3 Å². The van der Waals surface area contributed by atoms with E-state index in [2.05, 4.69) is 50.4 Å². The number of anilines is 2. The highest BCUT2D eigenvalue weighted by Gasteiger charge is 2.12. The molecule has 6 heteroatoms. The molecular formula is C15H18BrClN4. The van der Waals surface area contributed by atoms with Crippen molar-refractivity contribution in [3.63, 3.8) is 0 Å². The van der Waals surface area contributed by atoms with Gasteiger partial charge in [-0.05, 0) is 47.0 Å². The summed E-state index contributed by atoms with van der Waals surface area (Å²) in [7, 11) is 0. The van der Waals surface area contributed by atoms with Gasteiger partial charge in [0.1, 0.15) is 22.4 Å². The molecule has 1 atom stereocenters. The van der Waals surface area contributed by atoms with Crippen LogP contribution in [0.4, 0.5) is 11.6 Å². The molecule has 4 nitrogen and oxygen atoms in total. The third-order valence-electron chi connectivity index (χ3n) is 3.03. The molecule has 0 radical (unpaired) electrons. The fourth-order valence-corrected chi connectivity index (χ4v) is 2.56. The van der Waals surface area contributed by atoms with Crippen LogP contribution in [-0.4, -0.2) is 16.5 Å². The van der Waals surface area contributed by atoms with Gasteiger partial charge >= 0.3 is 0 Å². The van der Waals surface area contributed by atoms with Gasteiger partial charge in [-0.1, -0.05) is 30.7 Å². The SMILES string of the molecule is CCCNc1ncnc(NC(C)c2cccc(Cl)c2)c1Br. The Balaban J connectivity index is 2.15. The third kappa shape index (κ3) is 4.32. The standard InChI is InChI=1S/C15H18BrClN4/c1-3-7-18-14-13(16)15(20-9-19-14)21-10(2)11-5-4-6-12(17)8-11/h4-6,8-10H,3,7H2,1-2H3,(H2,18,19,20,21). The number of halogens is 2. The third-order valence-corrected chi connectivity index (χ3v) is 4.02. The van der Waals surface area contributed by atoms with Crippen LogP contribution in [0.5, 0.6) is 0 Å². The maximum Gasteiger partial charge on any atom is 0.146 e. The average molecular weight is 370 g/mol. The summed E-state index contributed by atoms with van der Waals surface area (Å²) < 4.78 is 0.840. The van der Waals surface area contributed by atoms with Gasteiger partial charge in [0.15, 0.2) is 0 Å². The zero-order chi connectivity index (χ0) is 15.2. The predicted molar refractivity (Wildman–Crippen MR) is 92.0 cm³/mol. The van der Waals surface area contributed by atoms with Crippen LogP contribution in [0.2, 0.25) is 5.02 Å². The summed E-state index contributed by atoms with van der Waals surface area (Å²) in [5, 5.41) is 7.37. The van der Waals surface area contributed by atoms with Gasteiger partial charge in [0.05, 0.1) is 6.04 Å². The monoisotopic (exact) mass is 368 g/mol. The van der Waals surface area contributed by atoms with Gasteiger partial charge in [-0.2, -0.15) is 0 Å². The van der Waals surface area contributed by atoms with Crippen LogP contribution in [0.3, 0.4) is 0 Å². The fraction of sp³-hybridized carbons (Fsp3) is 0.333. The first-order chi connectivity index (χ1) is 10.1. The number of hydrogen-bond acceptors (Lipinski definition) is 4. The topological polar surface area (TPSA) is 49.8 Å². The highest BCUT2D eigenvalue weighted by molar-refractivity contribution is 9.10. The lowest BCUT2D eigenvalue weighted by Crippen LogP contribution is -2.10. The summed E-state index contributed by atoms with van der Waals surface area (Å²) in [6.45, 7) is 5.06. The summed E-state index contributed by atoms with van der Waals surface area (Å²) in [5.41, 5.74) is 1.11. The van der Waals surface area contributed by atoms with Crippen LogP contribution < -0.4 is 10.6 Å². The zero-order valence-corrected chi connectivity index (χ0v) is 14.4. The summed E-state index contributed by atoms with van der Waals surface area (Å²) in [5.74, 6) is 1.56. The first-order valence-corrected chi connectivity index (χ1v) is 8.05. The van der Waals surface area contributed by atoms with Gasteiger partial charge in [-0.15, -0.1) is 0 Å². The van der Waals surface area contributed by atoms with Crippen LogP contribution in [0, 0.1) is 0 Å². The molecule has 0 aliphatic rings. The number of nitrogens with zero attached hydrogens (tertiary/aromatic N) is 2. The van der Waals surface area contributed by atoms with E-state index in [4.69, 9.17) is 11.6 Å². The van der Waals surface area contributed by atoms with Crippen molar-refractivity contribution in [2.24, 2.45) is 0 Å².